The van der Waals surface area contributed by atoms with Crippen LogP contribution in [0.4, 0.5) is 0 Å². The summed E-state index contributed by atoms with van der Waals surface area (Å²) in [6.07, 6.45) is -1.82. The Bertz CT molecular complexity index is 3490. The average Bonchev–Trinajstić information content (AvgIpc) is 1.33. The van der Waals surface area contributed by atoms with E-state index in [4.69, 9.17) is 21.9 Å². The number of nitrogens with two attached hydrogens (primary N) is 3. The first kappa shape index (κ1) is 92.8. The van der Waals surface area contributed by atoms with Crippen LogP contribution >= 0.6 is 11.8 Å². The predicted molar refractivity (Wildman–Crippen MR) is 407 cm³/mol. The van der Waals surface area contributed by atoms with Crippen molar-refractivity contribution in [3.05, 3.63) is 54.1 Å². The van der Waals surface area contributed by atoms with Crippen LogP contribution in [-0.2, 0) is 89.5 Å². The smallest absolute Gasteiger partial charge is 0.308 e. The second-order valence-corrected chi connectivity index (χ2v) is 30.8. The Morgan fingerprint density at radius 3 is 1.86 bits per heavy atom. The van der Waals surface area contributed by atoms with Crippen molar-refractivity contribution in [2.75, 3.05) is 46.5 Å². The van der Waals surface area contributed by atoms with Crippen molar-refractivity contribution in [3.8, 4) is 0 Å². The number of aromatic amines is 1. The number of quaternary nitrogens is 1. The highest BCUT2D eigenvalue weighted by molar-refractivity contribution is 8.14. The van der Waals surface area contributed by atoms with Crippen LogP contribution in [0.15, 0.2) is 47.8 Å². The van der Waals surface area contributed by atoms with Gasteiger partial charge in [-0.3, -0.25) is 76.9 Å². The molecule has 2 aliphatic rings. The zero-order chi connectivity index (χ0) is 82.1. The van der Waals surface area contributed by atoms with E-state index in [-0.39, 0.29) is 112 Å². The number of carbonyl (C=O) groups excluding carboxylic acids is 13. The summed E-state index contributed by atoms with van der Waals surface area (Å²) in [6, 6.07) is -8.74. The fraction of sp³-hybridized carbons (Fsp3) is 0.658. The number of ether oxygens (including phenoxy) is 1. The van der Waals surface area contributed by atoms with Crippen molar-refractivity contribution < 1.29 is 91.4 Å². The lowest BCUT2D eigenvalue weighted by molar-refractivity contribution is -0.873. The molecular weight excluding hydrogens is 1450 g/mol. The number of thioether (sulfide) groups is 1. The molecule has 0 radical (unpaired) electrons. The van der Waals surface area contributed by atoms with Crippen LogP contribution in [0.5, 0.6) is 0 Å². The SMILES string of the molecule is CC[C@H](C)[C@H](N)C1=N[C@H](C(=O)N[C@@H](CC(C)C)C(=O)N[C@H](CCC(=O)O)C(=O)N[C@H](C(=O)N[C@H]2CCCCNC(=O)[C@H](CC(N)=O)NC(=O)[C@@H](CC(=O)OC(CC(=O)O)C[N+](C)(C)C)NC(=O)[C@H](Cc3cnc[nH]3)NC(=O)[C@@H](Cc3ccccc3)NC(=O)[C@H]([C@@H](C)CC)NC(=O)[C@@H](CCCN)NC2=O)[C@@H](C)CC)CS1. The van der Waals surface area contributed by atoms with E-state index < -0.39 is 211 Å². The molecule has 0 aliphatic carbocycles. The van der Waals surface area contributed by atoms with Crippen molar-refractivity contribution in [3.63, 3.8) is 0 Å². The number of H-pyrrole nitrogens is 1. The molecule has 0 spiro atoms. The lowest BCUT2D eigenvalue weighted by atomic mass is 9.96. The van der Waals surface area contributed by atoms with E-state index in [2.05, 4.69) is 73.4 Å². The number of nitrogens with zero attached hydrogens (tertiary/aromatic N) is 3. The van der Waals surface area contributed by atoms with Gasteiger partial charge < -0.3 is 100 Å². The lowest BCUT2D eigenvalue weighted by Crippen LogP contribution is -2.62. The Kier molecular flexibility index (Phi) is 38.9. The molecule has 0 saturated carbocycles. The molecule has 2 aliphatic heterocycles. The van der Waals surface area contributed by atoms with E-state index in [1.54, 1.807) is 93.0 Å². The Hall–Kier alpha value is -9.62. The third-order valence-corrected chi connectivity index (χ3v) is 20.1. The number of esters is 1. The Morgan fingerprint density at radius 1 is 0.682 bits per heavy atom. The molecule has 12 amide bonds. The minimum atomic E-state index is -2.00. The molecule has 3 heterocycles. The predicted octanol–water partition coefficient (Wildman–Crippen LogP) is -1.67. The summed E-state index contributed by atoms with van der Waals surface area (Å²) in [4.78, 5) is 223. The van der Waals surface area contributed by atoms with E-state index in [9.17, 15) is 77.3 Å². The zero-order valence-corrected chi connectivity index (χ0v) is 65.7. The maximum absolute atomic E-state index is 15.0. The molecule has 37 heteroatoms. The van der Waals surface area contributed by atoms with E-state index >= 15 is 4.79 Å². The van der Waals surface area contributed by atoms with Crippen molar-refractivity contribution in [1.82, 2.24) is 68.5 Å². The number of rotatable bonds is 36. The number of likely N-dealkylation sites (N-methyl/N-ethyl adjacent to an activating group) is 1. The van der Waals surface area contributed by atoms with Crippen LogP contribution in [0.2, 0.25) is 0 Å². The van der Waals surface area contributed by atoms with E-state index in [1.807, 2.05) is 13.8 Å². The number of primary amides is 1. The summed E-state index contributed by atoms with van der Waals surface area (Å²) >= 11 is 1.34. The number of aliphatic carboxylic acids is 2. The topological polar surface area (TPSA) is 557 Å². The quantitative estimate of drug-likeness (QED) is 0.0268. The zero-order valence-electron chi connectivity index (χ0n) is 64.9. The highest BCUT2D eigenvalue weighted by Gasteiger charge is 2.41. The van der Waals surface area contributed by atoms with Gasteiger partial charge in [0.05, 0.1) is 57.8 Å². The molecule has 110 heavy (non-hydrogen) atoms. The molecule has 612 valence electrons. The summed E-state index contributed by atoms with van der Waals surface area (Å²) < 4.78 is 5.74. The van der Waals surface area contributed by atoms with Crippen LogP contribution in [0.3, 0.4) is 0 Å². The first-order valence-electron chi connectivity index (χ1n) is 37.6. The van der Waals surface area contributed by atoms with Crippen molar-refractivity contribution >= 4 is 106 Å². The van der Waals surface area contributed by atoms with Crippen molar-refractivity contribution in [2.45, 2.75) is 237 Å². The number of carboxylic acid groups (broad SMARTS) is 2. The molecule has 2 aromatic rings. The third kappa shape index (κ3) is 32.1. The second-order valence-electron chi connectivity index (χ2n) is 29.7. The number of amides is 12. The highest BCUT2D eigenvalue weighted by Crippen LogP contribution is 2.25. The van der Waals surface area contributed by atoms with Gasteiger partial charge in [0.2, 0.25) is 70.9 Å². The average molecular weight is 1570 g/mol. The maximum Gasteiger partial charge on any atom is 0.308 e. The largest absolute Gasteiger partial charge is 0.481 e. The molecule has 1 fully saturated rings. The normalized spacial score (nSPS) is 22.5. The van der Waals surface area contributed by atoms with E-state index in [0.29, 0.717) is 10.6 Å². The number of carboxylic acids is 2. The number of hydrogen-bond donors (Lipinski definition) is 17. The number of benzene rings is 1. The van der Waals surface area contributed by atoms with Gasteiger partial charge >= 0.3 is 17.9 Å². The van der Waals surface area contributed by atoms with E-state index in [1.165, 1.54) is 24.3 Å². The van der Waals surface area contributed by atoms with Gasteiger partial charge in [-0.15, -0.1) is 11.8 Å². The number of aliphatic imine (C=N–C) groups is 1. The molecule has 16 atom stereocenters. The number of imidazole rings is 1. The van der Waals surface area contributed by atoms with Crippen molar-refractivity contribution in [1.29, 1.82) is 0 Å². The number of hydrogen-bond acceptors (Lipinski definition) is 21. The fourth-order valence-corrected chi connectivity index (χ4v) is 13.2. The molecule has 4 rings (SSSR count). The van der Waals surface area contributed by atoms with Gasteiger partial charge in [0.15, 0.2) is 6.10 Å². The first-order valence-corrected chi connectivity index (χ1v) is 38.6. The number of carbonyl (C=O) groups is 15. The summed E-state index contributed by atoms with van der Waals surface area (Å²) in [6.45, 7) is 14.0. The van der Waals surface area contributed by atoms with Gasteiger partial charge in [0, 0.05) is 43.5 Å². The highest BCUT2D eigenvalue weighted by atomic mass is 32.2. The number of nitrogens with one attached hydrogen (secondary N) is 12. The van der Waals surface area contributed by atoms with Crippen LogP contribution in [0.25, 0.3) is 0 Å². The van der Waals surface area contributed by atoms with Crippen LogP contribution in [-0.4, -0.2) is 244 Å². The van der Waals surface area contributed by atoms with Gasteiger partial charge in [-0.05, 0) is 80.7 Å². The van der Waals surface area contributed by atoms with Gasteiger partial charge in [0.25, 0.3) is 0 Å². The van der Waals surface area contributed by atoms with Gasteiger partial charge in [-0.1, -0.05) is 105 Å². The maximum atomic E-state index is 15.0. The molecule has 20 N–H and O–H groups in total. The van der Waals surface area contributed by atoms with Crippen LogP contribution in [0.1, 0.15) is 157 Å². The van der Waals surface area contributed by atoms with Crippen LogP contribution in [0, 0.1) is 23.7 Å². The summed E-state index contributed by atoms with van der Waals surface area (Å²) in [5.41, 5.74) is 18.8. The summed E-state index contributed by atoms with van der Waals surface area (Å²) in [5.74, 6) is -16.6. The molecular formula is C73H117N18O18S+. The van der Waals surface area contributed by atoms with Gasteiger partial charge in [-0.2, -0.15) is 0 Å². The minimum absolute atomic E-state index is 0.00948. The van der Waals surface area contributed by atoms with Crippen LogP contribution < -0.4 is 75.7 Å². The van der Waals surface area contributed by atoms with Gasteiger partial charge in [0.1, 0.15) is 73.0 Å². The first-order chi connectivity index (χ1) is 51.9. The van der Waals surface area contributed by atoms with Crippen molar-refractivity contribution in [2.24, 2.45) is 45.9 Å². The Morgan fingerprint density at radius 2 is 1.28 bits per heavy atom. The standard InChI is InChI=1S/C73H116N18O18S/c1-12-40(6)59(76)73-88-54(37-110-73)70(106)83-49(29-39(4)5)66(102)81-48(25-26-56(93)94)65(101)90-60(41(7)13-2)71(107)82-46-23-18-19-28-78-62(98)52(33-55(75)92)85-69(105)53(34-58(97)109-45(32-57(95)96)36-91(9,10)11)86-68(104)51(31-44-35-77-38-79-44)84-67(103)50(30-43-21-16-15-17-22-43)87-72(108)61(42(8)14-3)89-64(100)47(24-20-27-74)80-63(46)99/h15-17,21-22,35,38-42,45-54,59-61H,12-14,18-20,23-34,36-37,74,76H2,1-11H3,(H15-,75,77,78,79,80,81,82,83,84,85,86,87,89,90,92,93,94,95,96,98,99,100,101,102,103,104,105,106,107,108)/p+1/t40-,41-,42-,45?,46-,47+,48+,49-,50+,51-,52-,53+,54-,59-,60-,61-/m0/s1. The fourth-order valence-electron chi connectivity index (χ4n) is 12.0. The lowest BCUT2D eigenvalue weighted by Gasteiger charge is -2.30. The molecule has 1 aromatic carbocycles. The van der Waals surface area contributed by atoms with E-state index in [0.717, 1.165) is 6.42 Å². The molecule has 0 bridgehead atoms. The summed E-state index contributed by atoms with van der Waals surface area (Å²) in [7, 11) is 5.12. The molecule has 1 aromatic heterocycles. The Balaban J connectivity index is 1.83. The second kappa shape index (κ2) is 46.1. The minimum Gasteiger partial charge on any atom is -0.481 e. The molecule has 1 saturated heterocycles. The van der Waals surface area contributed by atoms with Gasteiger partial charge in [-0.25, -0.2) is 4.98 Å². The monoisotopic (exact) mass is 1570 g/mol. The molecule has 1 unspecified atom stereocenters. The third-order valence-electron chi connectivity index (χ3n) is 18.9. The number of aromatic nitrogens is 2. The molecule has 36 nitrogen and oxygen atoms in total. The summed E-state index contributed by atoms with van der Waals surface area (Å²) in [5, 5.41) is 49.3. The Labute approximate surface area is 645 Å².